The van der Waals surface area contributed by atoms with Crippen molar-refractivity contribution >= 4 is 17.6 Å². The normalized spacial score (nSPS) is 19.2. The molecule has 3 rings (SSSR count). The number of carboxylic acid groups (broad SMARTS) is 1. The Bertz CT molecular complexity index is 673. The molecule has 2 aromatic rings. The van der Waals surface area contributed by atoms with Crippen LogP contribution in [0.5, 0.6) is 0 Å². The molecule has 3 heterocycles. The van der Waals surface area contributed by atoms with Gasteiger partial charge in [0.05, 0.1) is 23.0 Å². The maximum absolute atomic E-state index is 11.3. The van der Waals surface area contributed by atoms with Gasteiger partial charge in [-0.2, -0.15) is 5.10 Å². The van der Waals surface area contributed by atoms with Crippen LogP contribution in [0.25, 0.3) is 0 Å². The minimum Gasteiger partial charge on any atom is -0.478 e. The van der Waals surface area contributed by atoms with E-state index in [9.17, 15) is 9.90 Å². The van der Waals surface area contributed by atoms with E-state index in [1.165, 1.54) is 6.20 Å². The predicted octanol–water partition coefficient (Wildman–Crippen LogP) is 2.88. The molecule has 2 aromatic heterocycles. The van der Waals surface area contributed by atoms with E-state index in [2.05, 4.69) is 20.1 Å². The van der Waals surface area contributed by atoms with Gasteiger partial charge in [-0.1, -0.05) is 18.0 Å². The Labute approximate surface area is 133 Å². The monoisotopic (exact) mass is 320 g/mol. The smallest absolute Gasteiger partial charge is 0.339 e. The van der Waals surface area contributed by atoms with Crippen LogP contribution < -0.4 is 0 Å². The topological polar surface area (TPSA) is 82.1 Å². The van der Waals surface area contributed by atoms with Crippen LogP contribution in [0.15, 0.2) is 24.7 Å². The summed E-state index contributed by atoms with van der Waals surface area (Å²) in [5.41, 5.74) is 1.93. The fraction of sp³-hybridized carbons (Fsp3) is 0.400. The highest BCUT2D eigenvalue weighted by Crippen LogP contribution is 2.33. The van der Waals surface area contributed by atoms with E-state index in [4.69, 9.17) is 11.6 Å². The largest absolute Gasteiger partial charge is 0.478 e. The molecule has 0 saturated carbocycles. The van der Waals surface area contributed by atoms with Crippen molar-refractivity contribution in [3.05, 3.63) is 46.5 Å². The SMILES string of the molecule is O=C(O)c1cn[nH]c1C1CCCCN1Cc1ccncc1Cl. The van der Waals surface area contributed by atoms with Crippen LogP contribution in [-0.4, -0.2) is 37.7 Å². The summed E-state index contributed by atoms with van der Waals surface area (Å²) in [5.74, 6) is -0.948. The zero-order chi connectivity index (χ0) is 15.5. The van der Waals surface area contributed by atoms with Gasteiger partial charge in [0.2, 0.25) is 0 Å². The summed E-state index contributed by atoms with van der Waals surface area (Å²) in [6, 6.07) is 1.92. The van der Waals surface area contributed by atoms with Crippen LogP contribution in [0.2, 0.25) is 5.02 Å². The lowest BCUT2D eigenvalue weighted by Gasteiger charge is -2.35. The standard InChI is InChI=1S/C15H17ClN4O2/c16-12-8-17-5-4-10(12)9-20-6-2-1-3-13(20)14-11(15(21)22)7-18-19-14/h4-5,7-8,13H,1-3,6,9H2,(H,18,19)(H,21,22). The third-order valence-electron chi connectivity index (χ3n) is 4.08. The fourth-order valence-electron chi connectivity index (χ4n) is 2.98. The van der Waals surface area contributed by atoms with Crippen molar-refractivity contribution in [3.8, 4) is 0 Å². The van der Waals surface area contributed by atoms with Crippen LogP contribution in [0.4, 0.5) is 0 Å². The molecule has 1 atom stereocenters. The molecule has 0 aliphatic carbocycles. The first-order valence-corrected chi connectivity index (χ1v) is 7.63. The molecule has 7 heteroatoms. The molecule has 0 bridgehead atoms. The van der Waals surface area contributed by atoms with E-state index in [1.54, 1.807) is 12.4 Å². The van der Waals surface area contributed by atoms with Crippen LogP contribution in [0, 0.1) is 0 Å². The van der Waals surface area contributed by atoms with Gasteiger partial charge >= 0.3 is 5.97 Å². The fourth-order valence-corrected chi connectivity index (χ4v) is 3.16. The highest BCUT2D eigenvalue weighted by molar-refractivity contribution is 6.31. The molecule has 0 amide bonds. The Morgan fingerprint density at radius 2 is 2.32 bits per heavy atom. The number of likely N-dealkylation sites (tertiary alicyclic amines) is 1. The van der Waals surface area contributed by atoms with Gasteiger partial charge in [-0.3, -0.25) is 15.0 Å². The molecule has 0 aromatic carbocycles. The predicted molar refractivity (Wildman–Crippen MR) is 81.8 cm³/mol. The average Bonchev–Trinajstić information content (AvgIpc) is 3.00. The summed E-state index contributed by atoms with van der Waals surface area (Å²) in [7, 11) is 0. The number of rotatable bonds is 4. The van der Waals surface area contributed by atoms with Crippen LogP contribution in [-0.2, 0) is 6.54 Å². The number of hydrogen-bond donors (Lipinski definition) is 2. The maximum atomic E-state index is 11.3. The van der Waals surface area contributed by atoms with Gasteiger partial charge in [0, 0.05) is 18.9 Å². The minimum atomic E-state index is -0.948. The van der Waals surface area contributed by atoms with Gasteiger partial charge < -0.3 is 5.11 Å². The first kappa shape index (κ1) is 15.0. The molecular weight excluding hydrogens is 304 g/mol. The Morgan fingerprint density at radius 1 is 1.45 bits per heavy atom. The Kier molecular flexibility index (Phi) is 4.40. The van der Waals surface area contributed by atoms with Gasteiger partial charge in [-0.15, -0.1) is 0 Å². The minimum absolute atomic E-state index is 0.0200. The summed E-state index contributed by atoms with van der Waals surface area (Å²) in [6.07, 6.45) is 7.81. The van der Waals surface area contributed by atoms with E-state index in [0.29, 0.717) is 17.3 Å². The van der Waals surface area contributed by atoms with Crippen molar-refractivity contribution < 1.29 is 9.90 Å². The van der Waals surface area contributed by atoms with E-state index >= 15 is 0 Å². The first-order chi connectivity index (χ1) is 10.7. The lowest BCUT2D eigenvalue weighted by atomic mass is 9.96. The lowest BCUT2D eigenvalue weighted by Crippen LogP contribution is -2.34. The number of carbonyl (C=O) groups is 1. The highest BCUT2D eigenvalue weighted by Gasteiger charge is 2.29. The number of nitrogens with zero attached hydrogens (tertiary/aromatic N) is 3. The number of piperidine rings is 1. The molecule has 1 unspecified atom stereocenters. The van der Waals surface area contributed by atoms with E-state index < -0.39 is 5.97 Å². The molecule has 116 valence electrons. The van der Waals surface area contributed by atoms with Crippen molar-refractivity contribution in [1.29, 1.82) is 0 Å². The zero-order valence-electron chi connectivity index (χ0n) is 12.0. The van der Waals surface area contributed by atoms with E-state index in [1.807, 2.05) is 6.07 Å². The number of aromatic amines is 1. The third kappa shape index (κ3) is 2.98. The summed E-state index contributed by atoms with van der Waals surface area (Å²) < 4.78 is 0. The van der Waals surface area contributed by atoms with Crippen molar-refractivity contribution in [2.24, 2.45) is 0 Å². The summed E-state index contributed by atoms with van der Waals surface area (Å²) in [5, 5.41) is 16.7. The van der Waals surface area contributed by atoms with Crippen molar-refractivity contribution in [3.63, 3.8) is 0 Å². The molecule has 1 aliphatic heterocycles. The Balaban J connectivity index is 1.87. The molecule has 1 fully saturated rings. The number of aromatic nitrogens is 3. The number of nitrogens with one attached hydrogen (secondary N) is 1. The molecule has 1 saturated heterocycles. The van der Waals surface area contributed by atoms with E-state index in [0.717, 1.165) is 31.4 Å². The lowest BCUT2D eigenvalue weighted by molar-refractivity contribution is 0.0688. The molecule has 0 spiro atoms. The molecular formula is C15H17ClN4O2. The van der Waals surface area contributed by atoms with Gasteiger partial charge in [0.1, 0.15) is 5.56 Å². The summed E-state index contributed by atoms with van der Waals surface area (Å²) in [6.45, 7) is 1.57. The van der Waals surface area contributed by atoms with Crippen LogP contribution in [0.3, 0.4) is 0 Å². The Morgan fingerprint density at radius 3 is 3.09 bits per heavy atom. The second-order valence-electron chi connectivity index (χ2n) is 5.45. The number of H-pyrrole nitrogens is 1. The quantitative estimate of drug-likeness (QED) is 0.905. The second-order valence-corrected chi connectivity index (χ2v) is 5.86. The van der Waals surface area contributed by atoms with Crippen LogP contribution in [0.1, 0.15) is 46.9 Å². The number of halogens is 1. The molecule has 2 N–H and O–H groups in total. The number of carboxylic acids is 1. The molecule has 22 heavy (non-hydrogen) atoms. The van der Waals surface area contributed by atoms with Crippen molar-refractivity contribution in [2.75, 3.05) is 6.54 Å². The summed E-state index contributed by atoms with van der Waals surface area (Å²) >= 11 is 6.19. The number of pyridine rings is 1. The highest BCUT2D eigenvalue weighted by atomic mass is 35.5. The van der Waals surface area contributed by atoms with Crippen LogP contribution >= 0.6 is 11.6 Å². The van der Waals surface area contributed by atoms with Crippen molar-refractivity contribution in [1.82, 2.24) is 20.1 Å². The third-order valence-corrected chi connectivity index (χ3v) is 4.42. The van der Waals surface area contributed by atoms with Gasteiger partial charge in [-0.25, -0.2) is 4.79 Å². The number of aromatic carboxylic acids is 1. The zero-order valence-corrected chi connectivity index (χ0v) is 12.8. The van der Waals surface area contributed by atoms with Crippen molar-refractivity contribution in [2.45, 2.75) is 31.8 Å². The maximum Gasteiger partial charge on any atom is 0.339 e. The number of hydrogen-bond acceptors (Lipinski definition) is 4. The van der Waals surface area contributed by atoms with Gasteiger partial charge in [0.25, 0.3) is 0 Å². The van der Waals surface area contributed by atoms with E-state index in [-0.39, 0.29) is 11.6 Å². The average molecular weight is 321 g/mol. The Hall–Kier alpha value is -1.92. The molecule has 0 radical (unpaired) electrons. The second kappa shape index (κ2) is 6.46. The molecule has 6 nitrogen and oxygen atoms in total. The summed E-state index contributed by atoms with van der Waals surface area (Å²) in [4.78, 5) is 17.6. The van der Waals surface area contributed by atoms with Gasteiger partial charge in [0.15, 0.2) is 0 Å². The van der Waals surface area contributed by atoms with Gasteiger partial charge in [-0.05, 0) is 31.0 Å². The first-order valence-electron chi connectivity index (χ1n) is 7.26. The molecule has 1 aliphatic rings.